The van der Waals surface area contributed by atoms with Gasteiger partial charge in [0.2, 0.25) is 11.8 Å². The molecule has 0 saturated carbocycles. The van der Waals surface area contributed by atoms with Gasteiger partial charge in [0.1, 0.15) is 5.82 Å². The molecule has 1 aromatic carbocycles. The van der Waals surface area contributed by atoms with Gasteiger partial charge in [0.05, 0.1) is 12.6 Å². The second-order valence-electron chi connectivity index (χ2n) is 7.70. The predicted octanol–water partition coefficient (Wildman–Crippen LogP) is 2.73. The number of anilines is 1. The van der Waals surface area contributed by atoms with Crippen LogP contribution in [0.15, 0.2) is 42.6 Å². The van der Waals surface area contributed by atoms with Crippen molar-refractivity contribution in [2.45, 2.75) is 26.2 Å². The number of nitrogens with zero attached hydrogens (tertiary/aromatic N) is 3. The number of aryl methyl sites for hydroxylation is 1. The van der Waals surface area contributed by atoms with Crippen LogP contribution in [0.2, 0.25) is 0 Å². The lowest BCUT2D eigenvalue weighted by atomic mass is 9.86. The van der Waals surface area contributed by atoms with Crippen molar-refractivity contribution in [3.8, 4) is 0 Å². The molecule has 2 amide bonds. The second kappa shape index (κ2) is 6.76. The van der Waals surface area contributed by atoms with Crippen LogP contribution in [0.1, 0.15) is 24.1 Å². The molecule has 5 nitrogen and oxygen atoms in total. The molecule has 140 valence electrons. The molecular formula is C21H22FN3O2. The number of rotatable bonds is 3. The molecule has 2 aliphatic heterocycles. The van der Waals surface area contributed by atoms with Gasteiger partial charge in [0.25, 0.3) is 0 Å². The van der Waals surface area contributed by atoms with Gasteiger partial charge < -0.3 is 9.80 Å². The highest BCUT2D eigenvalue weighted by molar-refractivity contribution is 5.96. The first-order valence-corrected chi connectivity index (χ1v) is 9.19. The van der Waals surface area contributed by atoms with Gasteiger partial charge in [-0.1, -0.05) is 17.7 Å². The Kier molecular flexibility index (Phi) is 4.42. The third-order valence-electron chi connectivity index (χ3n) is 5.58. The lowest BCUT2D eigenvalue weighted by molar-refractivity contribution is -0.130. The predicted molar refractivity (Wildman–Crippen MR) is 99.7 cm³/mol. The maximum atomic E-state index is 13.0. The van der Waals surface area contributed by atoms with Crippen LogP contribution in [0.4, 0.5) is 10.1 Å². The van der Waals surface area contributed by atoms with E-state index in [0.717, 1.165) is 23.9 Å². The smallest absolute Gasteiger partial charge is 0.228 e. The van der Waals surface area contributed by atoms with E-state index in [2.05, 4.69) is 4.98 Å². The first-order chi connectivity index (χ1) is 12.9. The number of likely N-dealkylation sites (tertiary alicyclic amines) is 1. The summed E-state index contributed by atoms with van der Waals surface area (Å²) < 4.78 is 13.0. The molecule has 0 radical (unpaired) electrons. The zero-order valence-corrected chi connectivity index (χ0v) is 15.3. The fourth-order valence-corrected chi connectivity index (χ4v) is 4.05. The third-order valence-corrected chi connectivity index (χ3v) is 5.58. The van der Waals surface area contributed by atoms with E-state index in [1.165, 1.54) is 12.1 Å². The fraction of sp³-hybridized carbons (Fsp3) is 0.381. The molecule has 4 rings (SSSR count). The highest BCUT2D eigenvalue weighted by atomic mass is 19.1. The van der Waals surface area contributed by atoms with Crippen LogP contribution in [0.25, 0.3) is 0 Å². The molecule has 0 bridgehead atoms. The van der Waals surface area contributed by atoms with Crippen LogP contribution in [0.3, 0.4) is 0 Å². The Labute approximate surface area is 157 Å². The Hall–Kier alpha value is -2.76. The number of hydrogen-bond acceptors (Lipinski definition) is 3. The molecule has 1 aromatic heterocycles. The van der Waals surface area contributed by atoms with Crippen LogP contribution in [0, 0.1) is 18.2 Å². The molecule has 2 aromatic rings. The molecule has 3 heterocycles. The minimum Gasteiger partial charge on any atom is -0.342 e. The monoisotopic (exact) mass is 367 g/mol. The van der Waals surface area contributed by atoms with Crippen LogP contribution in [-0.2, 0) is 16.0 Å². The Morgan fingerprint density at radius 2 is 1.96 bits per heavy atom. The van der Waals surface area contributed by atoms with Gasteiger partial charge >= 0.3 is 0 Å². The van der Waals surface area contributed by atoms with Crippen molar-refractivity contribution in [2.24, 2.45) is 5.41 Å². The number of pyridine rings is 1. The standard InChI is InChI=1S/C21H22FN3O2/c1-15-2-6-18(7-3-15)25-14-21(11-20(25)27)8-9-24(13-21)19(26)10-17-5-4-16(22)12-23-17/h2-7,12H,8-11,13-14H2,1H3. The van der Waals surface area contributed by atoms with E-state index in [1.54, 1.807) is 0 Å². The molecule has 1 atom stereocenters. The summed E-state index contributed by atoms with van der Waals surface area (Å²) in [6, 6.07) is 10.8. The van der Waals surface area contributed by atoms with E-state index in [4.69, 9.17) is 0 Å². The molecule has 2 aliphatic rings. The largest absolute Gasteiger partial charge is 0.342 e. The lowest BCUT2D eigenvalue weighted by Crippen LogP contribution is -2.35. The topological polar surface area (TPSA) is 53.5 Å². The van der Waals surface area contributed by atoms with Gasteiger partial charge in [-0.25, -0.2) is 4.39 Å². The van der Waals surface area contributed by atoms with Gasteiger partial charge in [-0.3, -0.25) is 14.6 Å². The van der Waals surface area contributed by atoms with E-state index < -0.39 is 5.82 Å². The summed E-state index contributed by atoms with van der Waals surface area (Å²) in [6.45, 7) is 3.90. The SMILES string of the molecule is Cc1ccc(N2CC3(CCN(C(=O)Cc4ccc(F)cn4)C3)CC2=O)cc1. The molecule has 2 fully saturated rings. The fourth-order valence-electron chi connectivity index (χ4n) is 4.05. The molecule has 0 N–H and O–H groups in total. The molecular weight excluding hydrogens is 345 g/mol. The summed E-state index contributed by atoms with van der Waals surface area (Å²) in [5.74, 6) is -0.312. The van der Waals surface area contributed by atoms with Crippen molar-refractivity contribution >= 4 is 17.5 Å². The first kappa shape index (κ1) is 17.6. The van der Waals surface area contributed by atoms with Gasteiger partial charge in [0.15, 0.2) is 0 Å². The van der Waals surface area contributed by atoms with Crippen molar-refractivity contribution < 1.29 is 14.0 Å². The Bertz CT molecular complexity index is 866. The average molecular weight is 367 g/mol. The van der Waals surface area contributed by atoms with Gasteiger partial charge in [-0.2, -0.15) is 0 Å². The van der Waals surface area contributed by atoms with Crippen LogP contribution >= 0.6 is 0 Å². The number of carbonyl (C=O) groups excluding carboxylic acids is 2. The molecule has 0 aliphatic carbocycles. The van der Waals surface area contributed by atoms with E-state index in [0.29, 0.717) is 31.7 Å². The number of halogens is 1. The summed E-state index contributed by atoms with van der Waals surface area (Å²) >= 11 is 0. The van der Waals surface area contributed by atoms with Crippen molar-refractivity contribution in [3.63, 3.8) is 0 Å². The van der Waals surface area contributed by atoms with Gasteiger partial charge in [0, 0.05) is 42.9 Å². The normalized spacial score (nSPS) is 22.1. The molecule has 1 unspecified atom stereocenters. The van der Waals surface area contributed by atoms with E-state index >= 15 is 0 Å². The first-order valence-electron chi connectivity index (χ1n) is 9.19. The summed E-state index contributed by atoms with van der Waals surface area (Å²) in [6.07, 6.45) is 2.58. The van der Waals surface area contributed by atoms with Crippen LogP contribution in [-0.4, -0.2) is 41.3 Å². The Balaban J connectivity index is 1.42. The Morgan fingerprint density at radius 3 is 2.67 bits per heavy atom. The van der Waals surface area contributed by atoms with Crippen molar-refractivity contribution in [1.82, 2.24) is 9.88 Å². The summed E-state index contributed by atoms with van der Waals surface area (Å²) in [4.78, 5) is 32.8. The number of aromatic nitrogens is 1. The van der Waals surface area contributed by atoms with Crippen LogP contribution < -0.4 is 4.90 Å². The van der Waals surface area contributed by atoms with E-state index in [-0.39, 0.29) is 23.7 Å². The number of amides is 2. The van der Waals surface area contributed by atoms with Gasteiger partial charge in [-0.15, -0.1) is 0 Å². The molecule has 1 spiro atoms. The minimum absolute atomic E-state index is 0.0211. The zero-order chi connectivity index (χ0) is 19.0. The minimum atomic E-state index is -0.410. The van der Waals surface area contributed by atoms with Crippen molar-refractivity contribution in [3.05, 3.63) is 59.7 Å². The number of benzene rings is 1. The van der Waals surface area contributed by atoms with E-state index in [1.807, 2.05) is 41.0 Å². The zero-order valence-electron chi connectivity index (χ0n) is 15.3. The van der Waals surface area contributed by atoms with Crippen LogP contribution in [0.5, 0.6) is 0 Å². The maximum absolute atomic E-state index is 13.0. The third kappa shape index (κ3) is 3.56. The van der Waals surface area contributed by atoms with Crippen molar-refractivity contribution in [2.75, 3.05) is 24.5 Å². The number of hydrogen-bond donors (Lipinski definition) is 0. The quantitative estimate of drug-likeness (QED) is 0.838. The van der Waals surface area contributed by atoms with Gasteiger partial charge in [-0.05, 0) is 37.6 Å². The molecule has 2 saturated heterocycles. The highest BCUT2D eigenvalue weighted by Gasteiger charge is 2.48. The second-order valence-corrected chi connectivity index (χ2v) is 7.70. The van der Waals surface area contributed by atoms with Crippen molar-refractivity contribution in [1.29, 1.82) is 0 Å². The highest BCUT2D eigenvalue weighted by Crippen LogP contribution is 2.42. The summed E-state index contributed by atoms with van der Waals surface area (Å²) in [5, 5.41) is 0. The summed E-state index contributed by atoms with van der Waals surface area (Å²) in [7, 11) is 0. The average Bonchev–Trinajstić information content (AvgIpc) is 3.21. The molecule has 27 heavy (non-hydrogen) atoms. The number of carbonyl (C=O) groups is 2. The Morgan fingerprint density at radius 1 is 1.19 bits per heavy atom. The maximum Gasteiger partial charge on any atom is 0.228 e. The molecule has 6 heteroatoms. The summed E-state index contributed by atoms with van der Waals surface area (Å²) in [5.41, 5.74) is 2.47. The lowest BCUT2D eigenvalue weighted by Gasteiger charge is -2.24. The van der Waals surface area contributed by atoms with E-state index in [9.17, 15) is 14.0 Å².